The first-order valence-electron chi connectivity index (χ1n) is 10.6. The Bertz CT molecular complexity index is 1370. The fraction of sp³-hybridized carbons (Fsp3) is 0.160. The molecule has 8 heteroatoms. The van der Waals surface area contributed by atoms with Crippen LogP contribution in [-0.2, 0) is 4.79 Å². The predicted octanol–water partition coefficient (Wildman–Crippen LogP) is 4.28. The molecule has 0 unspecified atom stereocenters. The molecular formula is C25H21N3O4S. The van der Waals surface area contributed by atoms with E-state index in [9.17, 15) is 9.59 Å². The molecule has 0 radical (unpaired) electrons. The van der Waals surface area contributed by atoms with Gasteiger partial charge in [-0.1, -0.05) is 42.1 Å². The van der Waals surface area contributed by atoms with Crippen LogP contribution in [0.15, 0.2) is 82.7 Å². The van der Waals surface area contributed by atoms with Gasteiger partial charge >= 0.3 is 0 Å². The van der Waals surface area contributed by atoms with E-state index in [4.69, 9.17) is 14.5 Å². The Labute approximate surface area is 194 Å². The summed E-state index contributed by atoms with van der Waals surface area (Å²) in [4.78, 5) is 30.4. The summed E-state index contributed by atoms with van der Waals surface area (Å²) in [5.74, 6) is 1.64. The van der Waals surface area contributed by atoms with Gasteiger partial charge in [0.15, 0.2) is 16.7 Å². The summed E-state index contributed by atoms with van der Waals surface area (Å²) in [6.07, 6.45) is 0.261. The number of nitrogens with zero attached hydrogens (tertiary/aromatic N) is 2. The number of carbonyl (C=O) groups is 1. The van der Waals surface area contributed by atoms with Gasteiger partial charge in [0.25, 0.3) is 5.56 Å². The first-order valence-corrected chi connectivity index (χ1v) is 11.6. The second-order valence-electron chi connectivity index (χ2n) is 7.39. The molecule has 0 spiro atoms. The minimum atomic E-state index is -0.131. The number of thioether (sulfide) groups is 1. The number of ether oxygens (including phenoxy) is 2. The van der Waals surface area contributed by atoms with Crippen molar-refractivity contribution in [1.82, 2.24) is 9.55 Å². The third-order valence-corrected chi connectivity index (χ3v) is 6.09. The van der Waals surface area contributed by atoms with Crippen LogP contribution in [0, 0.1) is 0 Å². The van der Waals surface area contributed by atoms with E-state index in [0.29, 0.717) is 52.2 Å². The van der Waals surface area contributed by atoms with Gasteiger partial charge in [0.05, 0.1) is 16.6 Å². The van der Waals surface area contributed by atoms with E-state index in [2.05, 4.69) is 5.32 Å². The number of amides is 1. The van der Waals surface area contributed by atoms with Crippen LogP contribution < -0.4 is 20.3 Å². The maximum absolute atomic E-state index is 13.2. The fourth-order valence-corrected chi connectivity index (χ4v) is 4.54. The topological polar surface area (TPSA) is 82.5 Å². The van der Waals surface area contributed by atoms with Crippen molar-refractivity contribution in [3.8, 4) is 17.2 Å². The number of hydrogen-bond donors (Lipinski definition) is 1. The van der Waals surface area contributed by atoms with Crippen molar-refractivity contribution in [3.63, 3.8) is 0 Å². The molecule has 1 aliphatic heterocycles. The molecule has 0 saturated carbocycles. The van der Waals surface area contributed by atoms with Gasteiger partial charge < -0.3 is 14.8 Å². The second kappa shape index (κ2) is 9.38. The van der Waals surface area contributed by atoms with Gasteiger partial charge in [-0.15, -0.1) is 0 Å². The molecule has 1 aromatic heterocycles. The Kier molecular flexibility index (Phi) is 5.99. The Morgan fingerprint density at radius 2 is 1.73 bits per heavy atom. The largest absolute Gasteiger partial charge is 0.486 e. The van der Waals surface area contributed by atoms with E-state index in [1.54, 1.807) is 28.8 Å². The lowest BCUT2D eigenvalue weighted by molar-refractivity contribution is -0.115. The molecule has 0 saturated heterocycles. The molecule has 2 heterocycles. The van der Waals surface area contributed by atoms with Gasteiger partial charge in [-0.05, 0) is 36.4 Å². The molecular weight excluding hydrogens is 438 g/mol. The zero-order valence-corrected chi connectivity index (χ0v) is 18.5. The normalized spacial score (nSPS) is 12.5. The number of aromatic nitrogens is 2. The molecule has 4 aromatic rings. The molecule has 0 atom stereocenters. The average Bonchev–Trinajstić information content (AvgIpc) is 2.85. The maximum atomic E-state index is 13.2. The monoisotopic (exact) mass is 459 g/mol. The fourth-order valence-electron chi connectivity index (χ4n) is 3.59. The summed E-state index contributed by atoms with van der Waals surface area (Å²) in [6, 6.07) is 22.0. The van der Waals surface area contributed by atoms with E-state index in [-0.39, 0.29) is 17.9 Å². The molecule has 7 nitrogen and oxygen atoms in total. The number of rotatable bonds is 6. The molecule has 166 valence electrons. The van der Waals surface area contributed by atoms with E-state index in [0.717, 1.165) is 5.69 Å². The Balaban J connectivity index is 1.32. The number of anilines is 1. The highest BCUT2D eigenvalue weighted by Crippen LogP contribution is 2.32. The summed E-state index contributed by atoms with van der Waals surface area (Å²) in [5, 5.41) is 4.00. The van der Waals surface area contributed by atoms with Crippen molar-refractivity contribution in [2.45, 2.75) is 11.6 Å². The quantitative estimate of drug-likeness (QED) is 0.342. The lowest BCUT2D eigenvalue weighted by Gasteiger charge is -2.19. The number of fused-ring (bicyclic) bond motifs is 2. The highest BCUT2D eigenvalue weighted by molar-refractivity contribution is 7.99. The van der Waals surface area contributed by atoms with E-state index in [1.807, 2.05) is 48.5 Å². The van der Waals surface area contributed by atoms with Crippen LogP contribution in [0.3, 0.4) is 0 Å². The number of para-hydroxylation sites is 2. The van der Waals surface area contributed by atoms with E-state index >= 15 is 0 Å². The van der Waals surface area contributed by atoms with Crippen LogP contribution >= 0.6 is 11.8 Å². The zero-order chi connectivity index (χ0) is 22.6. The Morgan fingerprint density at radius 3 is 2.58 bits per heavy atom. The van der Waals surface area contributed by atoms with Gasteiger partial charge in [0.1, 0.15) is 13.2 Å². The highest BCUT2D eigenvalue weighted by Gasteiger charge is 2.15. The second-order valence-corrected chi connectivity index (χ2v) is 8.45. The van der Waals surface area contributed by atoms with Gasteiger partial charge in [-0.2, -0.15) is 0 Å². The van der Waals surface area contributed by atoms with E-state index < -0.39 is 0 Å². The Hall–Kier alpha value is -3.78. The van der Waals surface area contributed by atoms with Crippen molar-refractivity contribution in [2.24, 2.45) is 0 Å². The van der Waals surface area contributed by atoms with Crippen molar-refractivity contribution < 1.29 is 14.3 Å². The van der Waals surface area contributed by atoms with Gasteiger partial charge in [0, 0.05) is 23.9 Å². The minimum absolute atomic E-state index is 0.130. The van der Waals surface area contributed by atoms with Crippen LogP contribution in [0.1, 0.15) is 6.42 Å². The number of carbonyl (C=O) groups excluding carboxylic acids is 1. The standard InChI is InChI=1S/C25H21N3O4S/c29-23(26-17-10-11-21-22(16-17)32-14-13-31-21)12-15-33-25-27-20-9-5-4-8-19(20)24(30)28(25)18-6-2-1-3-7-18/h1-11,16H,12-15H2,(H,26,29). The molecule has 1 amide bonds. The molecule has 3 aromatic carbocycles. The maximum Gasteiger partial charge on any atom is 0.266 e. The third kappa shape index (κ3) is 4.56. The molecule has 0 bridgehead atoms. The van der Waals surface area contributed by atoms with Crippen molar-refractivity contribution in [3.05, 3.63) is 83.2 Å². The smallest absolute Gasteiger partial charge is 0.266 e. The summed E-state index contributed by atoms with van der Waals surface area (Å²) < 4.78 is 12.7. The number of hydrogen-bond acceptors (Lipinski definition) is 6. The van der Waals surface area contributed by atoms with Crippen molar-refractivity contribution in [2.75, 3.05) is 24.3 Å². The predicted molar refractivity (Wildman–Crippen MR) is 129 cm³/mol. The number of nitrogens with one attached hydrogen (secondary N) is 1. The molecule has 5 rings (SSSR count). The summed E-state index contributed by atoms with van der Waals surface area (Å²) >= 11 is 1.38. The van der Waals surface area contributed by atoms with Gasteiger partial charge in [0.2, 0.25) is 5.91 Å². The Morgan fingerprint density at radius 1 is 0.970 bits per heavy atom. The highest BCUT2D eigenvalue weighted by atomic mass is 32.2. The van der Waals surface area contributed by atoms with Crippen LogP contribution in [0.25, 0.3) is 16.6 Å². The van der Waals surface area contributed by atoms with Crippen LogP contribution in [0.5, 0.6) is 11.5 Å². The average molecular weight is 460 g/mol. The van der Waals surface area contributed by atoms with Gasteiger partial charge in [-0.3, -0.25) is 14.2 Å². The molecule has 1 aliphatic rings. The lowest BCUT2D eigenvalue weighted by Crippen LogP contribution is -2.22. The van der Waals surface area contributed by atoms with E-state index in [1.165, 1.54) is 11.8 Å². The van der Waals surface area contributed by atoms with Crippen molar-refractivity contribution in [1.29, 1.82) is 0 Å². The SMILES string of the molecule is O=C(CCSc1nc2ccccc2c(=O)n1-c1ccccc1)Nc1ccc2c(c1)OCCO2. The summed E-state index contributed by atoms with van der Waals surface area (Å²) in [6.45, 7) is 1.01. The zero-order valence-electron chi connectivity index (χ0n) is 17.7. The van der Waals surface area contributed by atoms with Crippen LogP contribution in [0.2, 0.25) is 0 Å². The molecule has 0 fully saturated rings. The molecule has 0 aliphatic carbocycles. The summed E-state index contributed by atoms with van der Waals surface area (Å²) in [5.41, 5.74) is 1.90. The van der Waals surface area contributed by atoms with Crippen LogP contribution in [0.4, 0.5) is 5.69 Å². The molecule has 33 heavy (non-hydrogen) atoms. The minimum Gasteiger partial charge on any atom is -0.486 e. The van der Waals surface area contributed by atoms with Crippen molar-refractivity contribution >= 4 is 34.3 Å². The first kappa shape index (κ1) is 21.1. The summed E-state index contributed by atoms with van der Waals surface area (Å²) in [7, 11) is 0. The lowest BCUT2D eigenvalue weighted by atomic mass is 10.2. The first-order chi connectivity index (χ1) is 16.2. The van der Waals surface area contributed by atoms with Gasteiger partial charge in [-0.25, -0.2) is 4.98 Å². The molecule has 1 N–H and O–H groups in total. The third-order valence-electron chi connectivity index (χ3n) is 5.15. The van der Waals surface area contributed by atoms with Crippen LogP contribution in [-0.4, -0.2) is 34.4 Å². The number of benzene rings is 3.